The first kappa shape index (κ1) is 15.8. The number of anilines is 1. The molecule has 0 aliphatic rings. The zero-order valence-corrected chi connectivity index (χ0v) is 11.3. The molecule has 1 rings (SSSR count). The fraction of sp³-hybridized carbons (Fsp3) is 0.417. The minimum absolute atomic E-state index is 0.0290. The summed E-state index contributed by atoms with van der Waals surface area (Å²) in [6.07, 6.45) is 0. The molecule has 0 bridgehead atoms. The molecule has 20 heavy (non-hydrogen) atoms. The molecule has 1 unspecified atom stereocenters. The van der Waals surface area contributed by atoms with Crippen molar-refractivity contribution < 1.29 is 23.6 Å². The van der Waals surface area contributed by atoms with E-state index in [1.165, 1.54) is 7.11 Å². The zero-order chi connectivity index (χ0) is 15.3. The van der Waals surface area contributed by atoms with E-state index in [0.717, 1.165) is 13.2 Å². The van der Waals surface area contributed by atoms with Gasteiger partial charge in [-0.1, -0.05) is 0 Å². The van der Waals surface area contributed by atoms with Gasteiger partial charge in [-0.2, -0.15) is 0 Å². The van der Waals surface area contributed by atoms with Gasteiger partial charge < -0.3 is 14.8 Å². The van der Waals surface area contributed by atoms with Crippen LogP contribution in [0.5, 0.6) is 0 Å². The highest BCUT2D eigenvalue weighted by molar-refractivity contribution is 5.92. The third-order valence-electron chi connectivity index (χ3n) is 2.51. The van der Waals surface area contributed by atoms with Gasteiger partial charge in [0.1, 0.15) is 11.5 Å². The van der Waals surface area contributed by atoms with Crippen molar-refractivity contribution in [2.24, 2.45) is 0 Å². The normalized spacial score (nSPS) is 11.8. The largest absolute Gasteiger partial charge is 0.465 e. The maximum absolute atomic E-state index is 13.7. The van der Waals surface area contributed by atoms with Crippen LogP contribution >= 0.6 is 0 Å². The van der Waals surface area contributed by atoms with Gasteiger partial charge in [0, 0.05) is 13.2 Å². The molecule has 8 heteroatoms. The molecule has 0 aliphatic heterocycles. The van der Waals surface area contributed by atoms with E-state index in [-0.39, 0.29) is 17.3 Å². The summed E-state index contributed by atoms with van der Waals surface area (Å²) < 4.78 is 23.0. The number of nitro benzene ring substituents is 1. The van der Waals surface area contributed by atoms with Gasteiger partial charge in [-0.05, 0) is 13.0 Å². The molecule has 7 nitrogen and oxygen atoms in total. The summed E-state index contributed by atoms with van der Waals surface area (Å²) in [5.74, 6) is -1.91. The molecule has 1 atom stereocenters. The number of hydrogen-bond acceptors (Lipinski definition) is 6. The highest BCUT2D eigenvalue weighted by Crippen LogP contribution is 2.28. The third kappa shape index (κ3) is 3.64. The van der Waals surface area contributed by atoms with Gasteiger partial charge in [0.25, 0.3) is 5.69 Å². The van der Waals surface area contributed by atoms with Crippen molar-refractivity contribution >= 4 is 17.3 Å². The first-order chi connectivity index (χ1) is 9.40. The van der Waals surface area contributed by atoms with Crippen molar-refractivity contribution in [2.45, 2.75) is 13.0 Å². The number of nitrogens with zero attached hydrogens (tertiary/aromatic N) is 1. The highest BCUT2D eigenvalue weighted by Gasteiger charge is 2.23. The van der Waals surface area contributed by atoms with E-state index in [1.54, 1.807) is 6.92 Å². The van der Waals surface area contributed by atoms with Crippen LogP contribution < -0.4 is 5.32 Å². The predicted molar refractivity (Wildman–Crippen MR) is 69.4 cm³/mol. The topological polar surface area (TPSA) is 90.7 Å². The summed E-state index contributed by atoms with van der Waals surface area (Å²) in [6.45, 7) is 2.02. The van der Waals surface area contributed by atoms with Crippen LogP contribution in [0.25, 0.3) is 0 Å². The Hall–Kier alpha value is -2.22. The maximum Gasteiger partial charge on any atom is 0.340 e. The van der Waals surface area contributed by atoms with Crippen LogP contribution in [0.15, 0.2) is 12.1 Å². The number of carbonyl (C=O) groups excluding carboxylic acids is 1. The predicted octanol–water partition coefficient (Wildman–Crippen LogP) is 1.97. The number of benzene rings is 1. The van der Waals surface area contributed by atoms with E-state index in [1.807, 2.05) is 0 Å². The molecule has 0 aromatic heterocycles. The first-order valence-corrected chi connectivity index (χ1v) is 5.72. The van der Waals surface area contributed by atoms with Crippen molar-refractivity contribution in [2.75, 3.05) is 26.1 Å². The summed E-state index contributed by atoms with van der Waals surface area (Å²) >= 11 is 0. The second-order valence-corrected chi connectivity index (χ2v) is 4.10. The smallest absolute Gasteiger partial charge is 0.340 e. The molecule has 1 aromatic carbocycles. The molecule has 0 radical (unpaired) electrons. The number of methoxy groups -OCH3 is 2. The second kappa shape index (κ2) is 6.80. The monoisotopic (exact) mass is 286 g/mol. The Morgan fingerprint density at radius 3 is 2.65 bits per heavy atom. The molecule has 0 amide bonds. The molecule has 110 valence electrons. The Kier molecular flexibility index (Phi) is 5.39. The van der Waals surface area contributed by atoms with Crippen LogP contribution in [0.2, 0.25) is 0 Å². The van der Waals surface area contributed by atoms with Crippen LogP contribution in [0, 0.1) is 15.9 Å². The van der Waals surface area contributed by atoms with Gasteiger partial charge in [-0.3, -0.25) is 10.1 Å². The van der Waals surface area contributed by atoms with E-state index < -0.39 is 22.4 Å². The lowest BCUT2D eigenvalue weighted by atomic mass is 10.1. The van der Waals surface area contributed by atoms with Gasteiger partial charge in [0.05, 0.1) is 30.3 Å². The molecule has 0 aliphatic carbocycles. The molecule has 0 fully saturated rings. The first-order valence-electron chi connectivity index (χ1n) is 5.72. The Bertz CT molecular complexity index is 521. The molecule has 0 spiro atoms. The standard InChI is InChI=1S/C12H15FN2O5/c1-7(6-19-2)14-10-4-8(12(16)20-3)9(13)5-11(10)15(17)18/h4-5,7,14H,6H2,1-3H3. The van der Waals surface area contributed by atoms with Crippen molar-refractivity contribution in [3.8, 4) is 0 Å². The van der Waals surface area contributed by atoms with Crippen molar-refractivity contribution in [1.82, 2.24) is 0 Å². The van der Waals surface area contributed by atoms with Gasteiger partial charge in [-0.25, -0.2) is 9.18 Å². The lowest BCUT2D eigenvalue weighted by Crippen LogP contribution is -2.22. The molecule has 1 aromatic rings. The zero-order valence-electron chi connectivity index (χ0n) is 11.3. The average Bonchev–Trinajstić information content (AvgIpc) is 2.39. The number of hydrogen-bond donors (Lipinski definition) is 1. The fourth-order valence-corrected chi connectivity index (χ4v) is 1.65. The molecular weight excluding hydrogens is 271 g/mol. The van der Waals surface area contributed by atoms with E-state index in [4.69, 9.17) is 4.74 Å². The molecule has 1 N–H and O–H groups in total. The summed E-state index contributed by atoms with van der Waals surface area (Å²) in [6, 6.07) is 1.49. The third-order valence-corrected chi connectivity index (χ3v) is 2.51. The summed E-state index contributed by atoms with van der Waals surface area (Å²) in [7, 11) is 2.58. The van der Waals surface area contributed by atoms with E-state index in [2.05, 4.69) is 10.1 Å². The quantitative estimate of drug-likeness (QED) is 0.488. The van der Waals surface area contributed by atoms with Crippen LogP contribution in [0.4, 0.5) is 15.8 Å². The number of ether oxygens (including phenoxy) is 2. The van der Waals surface area contributed by atoms with Crippen LogP contribution in [-0.4, -0.2) is 37.8 Å². The minimum Gasteiger partial charge on any atom is -0.465 e. The van der Waals surface area contributed by atoms with Crippen molar-refractivity contribution in [3.63, 3.8) is 0 Å². The van der Waals surface area contributed by atoms with Crippen molar-refractivity contribution in [3.05, 3.63) is 33.6 Å². The highest BCUT2D eigenvalue weighted by atomic mass is 19.1. The number of carbonyl (C=O) groups is 1. The SMILES string of the molecule is COCC(C)Nc1cc(C(=O)OC)c(F)cc1[N+](=O)[O-]. The van der Waals surface area contributed by atoms with Gasteiger partial charge in [0.15, 0.2) is 0 Å². The maximum atomic E-state index is 13.7. The lowest BCUT2D eigenvalue weighted by Gasteiger charge is -2.15. The Morgan fingerprint density at radius 1 is 1.50 bits per heavy atom. The molecular formula is C12H15FN2O5. The summed E-state index contributed by atoms with van der Waals surface area (Å²) in [4.78, 5) is 21.6. The molecule has 0 saturated heterocycles. The fourth-order valence-electron chi connectivity index (χ4n) is 1.65. The lowest BCUT2D eigenvalue weighted by molar-refractivity contribution is -0.384. The van der Waals surface area contributed by atoms with Crippen LogP contribution in [-0.2, 0) is 9.47 Å². The number of nitrogens with one attached hydrogen (secondary N) is 1. The van der Waals surface area contributed by atoms with E-state index in [9.17, 15) is 19.3 Å². The van der Waals surface area contributed by atoms with Crippen LogP contribution in [0.3, 0.4) is 0 Å². The van der Waals surface area contributed by atoms with Gasteiger partial charge >= 0.3 is 5.97 Å². The number of halogens is 1. The Morgan fingerprint density at radius 2 is 2.15 bits per heavy atom. The molecule has 0 saturated carbocycles. The van der Waals surface area contributed by atoms with E-state index in [0.29, 0.717) is 12.7 Å². The second-order valence-electron chi connectivity index (χ2n) is 4.10. The van der Waals surface area contributed by atoms with Gasteiger partial charge in [0.2, 0.25) is 0 Å². The Labute approximate surface area is 114 Å². The van der Waals surface area contributed by atoms with Gasteiger partial charge in [-0.15, -0.1) is 0 Å². The minimum atomic E-state index is -1.01. The van der Waals surface area contributed by atoms with Crippen molar-refractivity contribution in [1.29, 1.82) is 0 Å². The number of rotatable bonds is 6. The summed E-state index contributed by atoms with van der Waals surface area (Å²) in [5, 5.41) is 13.7. The average molecular weight is 286 g/mol. The number of esters is 1. The van der Waals surface area contributed by atoms with Crippen LogP contribution in [0.1, 0.15) is 17.3 Å². The molecule has 0 heterocycles. The Balaban J connectivity index is 3.23. The summed E-state index contributed by atoms with van der Waals surface area (Å²) in [5.41, 5.74) is -0.801. The number of nitro groups is 1. The van der Waals surface area contributed by atoms with E-state index >= 15 is 0 Å².